The molecule has 0 atom stereocenters. The summed E-state index contributed by atoms with van der Waals surface area (Å²) in [6.07, 6.45) is 23.9. The molecule has 0 saturated heterocycles. The van der Waals surface area contributed by atoms with Crippen LogP contribution in [0.15, 0.2) is 61.2 Å². The Labute approximate surface area is 428 Å². The Kier molecular flexibility index (Phi) is 23.0. The second kappa shape index (κ2) is 29.2. The van der Waals surface area contributed by atoms with E-state index in [1.54, 1.807) is 12.7 Å². The van der Waals surface area contributed by atoms with Crippen LogP contribution in [0.1, 0.15) is 128 Å². The molecule has 4 heterocycles. The average molecular weight is 971 g/mol. The van der Waals surface area contributed by atoms with Crippen molar-refractivity contribution < 1.29 is 53.2 Å². The number of nitrogens with one attached hydrogen (secondary N) is 4. The summed E-state index contributed by atoms with van der Waals surface area (Å²) in [7, 11) is 5.36. The second-order valence-corrected chi connectivity index (χ2v) is 18.1. The van der Waals surface area contributed by atoms with Gasteiger partial charge in [0, 0.05) is 50.4 Å². The Morgan fingerprint density at radius 3 is 1.41 bits per heavy atom. The maximum Gasteiger partial charge on any atom is 1.00 e. The molecule has 2 aliphatic rings. The third-order valence-electron chi connectivity index (χ3n) is 12.6. The Bertz CT molecular complexity index is 2530. The number of carbonyl (C=O) groups is 2. The molecule has 0 aliphatic heterocycles. The van der Waals surface area contributed by atoms with Crippen LogP contribution < -0.4 is 49.6 Å². The van der Waals surface area contributed by atoms with Crippen molar-refractivity contribution in [1.29, 1.82) is 0 Å². The molecule has 19 nitrogen and oxygen atoms in total. The summed E-state index contributed by atoms with van der Waals surface area (Å²) >= 11 is 0. The zero-order chi connectivity index (χ0) is 48.2. The van der Waals surface area contributed by atoms with Crippen LogP contribution in [-0.4, -0.2) is 94.0 Å². The average Bonchev–Trinajstić information content (AvgIpc) is 3.93. The molecule has 0 unspecified atom stereocenters. The van der Waals surface area contributed by atoms with Crippen molar-refractivity contribution in [2.75, 3.05) is 41.6 Å². The van der Waals surface area contributed by atoms with E-state index in [0.29, 0.717) is 54.9 Å². The van der Waals surface area contributed by atoms with Gasteiger partial charge in [0.25, 0.3) is 0 Å². The molecule has 0 bridgehead atoms. The molecular formula is C51H71LiN12O7. The molecule has 2 aromatic carbocycles. The Balaban J connectivity index is 0.000000257. The van der Waals surface area contributed by atoms with E-state index >= 15 is 0 Å². The largest absolute Gasteiger partial charge is 1.00 e. The molecule has 6 aromatic rings. The Morgan fingerprint density at radius 1 is 0.592 bits per heavy atom. The predicted octanol–water partition coefficient (Wildman–Crippen LogP) is 7.45. The number of nitrogens with zero attached hydrogens (tertiary/aromatic N) is 8. The van der Waals surface area contributed by atoms with Crippen molar-refractivity contribution in [2.24, 2.45) is 14.1 Å². The van der Waals surface area contributed by atoms with Gasteiger partial charge in [-0.05, 0) is 99.9 Å². The molecule has 2 saturated carbocycles. The fourth-order valence-corrected chi connectivity index (χ4v) is 8.77. The molecule has 0 spiro atoms. The van der Waals surface area contributed by atoms with Gasteiger partial charge in [-0.15, -0.1) is 0 Å². The number of imidazole rings is 2. The zero-order valence-electron chi connectivity index (χ0n) is 42.0. The van der Waals surface area contributed by atoms with Crippen molar-refractivity contribution in [3.63, 3.8) is 0 Å². The molecule has 6 N–H and O–H groups in total. The van der Waals surface area contributed by atoms with Crippen LogP contribution in [0, 0.1) is 0 Å². The Morgan fingerprint density at radius 2 is 1.00 bits per heavy atom. The van der Waals surface area contributed by atoms with Gasteiger partial charge in [0.05, 0.1) is 33.0 Å². The molecule has 8 rings (SSSR count). The van der Waals surface area contributed by atoms with E-state index < -0.39 is 5.97 Å². The second-order valence-electron chi connectivity index (χ2n) is 18.1. The summed E-state index contributed by atoms with van der Waals surface area (Å²) in [6.45, 7) is 1.27. The van der Waals surface area contributed by atoms with Gasteiger partial charge < -0.3 is 55.2 Å². The van der Waals surface area contributed by atoms with Crippen LogP contribution in [0.4, 0.5) is 34.9 Å². The number of ether oxygens (including phenoxy) is 3. The van der Waals surface area contributed by atoms with Crippen LogP contribution in [0.2, 0.25) is 0 Å². The van der Waals surface area contributed by atoms with Crippen molar-refractivity contribution >= 4 is 69.2 Å². The van der Waals surface area contributed by atoms with Crippen molar-refractivity contribution in [2.45, 2.75) is 141 Å². The number of aromatic nitrogens is 8. The minimum absolute atomic E-state index is 0. The van der Waals surface area contributed by atoms with Crippen molar-refractivity contribution in [1.82, 2.24) is 39.0 Å². The summed E-state index contributed by atoms with van der Waals surface area (Å²) in [5.74, 6) is 3.44. The molecule has 0 amide bonds. The first-order chi connectivity index (χ1) is 33.7. The van der Waals surface area contributed by atoms with E-state index in [0.717, 1.165) is 110 Å². The van der Waals surface area contributed by atoms with Gasteiger partial charge >= 0.3 is 30.8 Å². The van der Waals surface area contributed by atoms with Crippen LogP contribution in [0.3, 0.4) is 0 Å². The molecule has 4 aromatic heterocycles. The van der Waals surface area contributed by atoms with E-state index in [1.165, 1.54) is 58.5 Å². The smallest absolute Gasteiger partial charge is 0.870 e. The summed E-state index contributed by atoms with van der Waals surface area (Å²) in [6, 6.07) is 16.4. The van der Waals surface area contributed by atoms with Gasteiger partial charge in [-0.1, -0.05) is 64.2 Å². The number of rotatable bonds is 24. The number of carbonyl (C=O) groups excluding carboxylic acids is 1. The molecule has 71 heavy (non-hydrogen) atoms. The minimum Gasteiger partial charge on any atom is -0.870 e. The van der Waals surface area contributed by atoms with Crippen LogP contribution >= 0.6 is 0 Å². The van der Waals surface area contributed by atoms with Gasteiger partial charge in [0.1, 0.15) is 22.5 Å². The monoisotopic (exact) mass is 971 g/mol. The Hall–Kier alpha value is -6.16. The summed E-state index contributed by atoms with van der Waals surface area (Å²) in [5.41, 5.74) is 4.95. The number of fused-ring (bicyclic) bond motifs is 2. The maximum atomic E-state index is 11.1. The molecule has 20 heteroatoms. The number of carboxylic acids is 1. The fourth-order valence-electron chi connectivity index (χ4n) is 8.77. The van der Waals surface area contributed by atoms with Gasteiger partial charge in [-0.3, -0.25) is 9.59 Å². The number of hydrogen-bond donors (Lipinski definition) is 5. The van der Waals surface area contributed by atoms with Gasteiger partial charge in [-0.25, -0.2) is 9.97 Å². The molecular weight excluding hydrogens is 900 g/mol. The number of anilines is 6. The van der Waals surface area contributed by atoms with Crippen LogP contribution in [0.5, 0.6) is 11.5 Å². The summed E-state index contributed by atoms with van der Waals surface area (Å²) in [5, 5.41) is 22.5. The van der Waals surface area contributed by atoms with Crippen molar-refractivity contribution in [3.8, 4) is 11.5 Å². The van der Waals surface area contributed by atoms with E-state index in [4.69, 9.17) is 24.5 Å². The first kappa shape index (κ1) is 55.8. The van der Waals surface area contributed by atoms with E-state index in [9.17, 15) is 9.59 Å². The van der Waals surface area contributed by atoms with E-state index in [2.05, 4.69) is 45.9 Å². The van der Waals surface area contributed by atoms with Gasteiger partial charge in [0.15, 0.2) is 22.9 Å². The number of benzene rings is 2. The normalized spacial score (nSPS) is 13.8. The third-order valence-corrected chi connectivity index (χ3v) is 12.6. The fraction of sp³-hybridized carbons (Fsp3) is 0.529. The number of hydrogen-bond acceptors (Lipinski definition) is 16. The first-order valence-electron chi connectivity index (χ1n) is 24.9. The molecule has 2 aliphatic carbocycles. The van der Waals surface area contributed by atoms with Crippen LogP contribution in [-0.2, 0) is 28.4 Å². The molecule has 0 radical (unpaired) electrons. The number of aliphatic carboxylic acids is 1. The standard InChI is InChI=1S/C26H36N6O3.C25H34N6O3.Li.H2O/c1-32-18-27-24-23(32)25(28-19-10-6-5-7-11-19)31-26(30-24)29-20-13-15-21(16-14-20)35-17-9-4-3-8-12-22(33)34-2;1-31-17-26-23-22(31)24(27-18-9-5-4-6-10-18)30-25(29-23)28-19-12-14-20(15-13-19)34-16-8-3-2-7-11-21(32)33;;/h13-16,18-19H,3-12,17H2,1-2H3,(H2,28,29,30,31);12-15,17-18H,2-11,16H2,1H3,(H,32,33)(H2,27,28,29,30);;1H2/q;;+1;/p-1. The van der Waals surface area contributed by atoms with Gasteiger partial charge in [-0.2, -0.15) is 19.9 Å². The number of aryl methyl sites for hydroxylation is 2. The van der Waals surface area contributed by atoms with Gasteiger partial charge in [0.2, 0.25) is 11.9 Å². The predicted molar refractivity (Wildman–Crippen MR) is 272 cm³/mol. The van der Waals surface area contributed by atoms with Crippen LogP contribution in [0.25, 0.3) is 22.3 Å². The first-order valence-corrected chi connectivity index (χ1v) is 24.9. The summed E-state index contributed by atoms with van der Waals surface area (Å²) in [4.78, 5) is 49.3. The quantitative estimate of drug-likeness (QED) is 0.0224. The summed E-state index contributed by atoms with van der Waals surface area (Å²) < 4.78 is 20.2. The number of methoxy groups -OCH3 is 1. The number of carboxylic acid groups (broad SMARTS) is 1. The third kappa shape index (κ3) is 17.6. The molecule has 378 valence electrons. The van der Waals surface area contributed by atoms with E-state index in [1.807, 2.05) is 71.8 Å². The maximum absolute atomic E-state index is 11.1. The topological polar surface area (TPSA) is 247 Å². The van der Waals surface area contributed by atoms with Crippen molar-refractivity contribution in [3.05, 3.63) is 61.2 Å². The number of unbranched alkanes of at least 4 members (excludes halogenated alkanes) is 6. The molecule has 2 fully saturated rings. The number of esters is 1. The van der Waals surface area contributed by atoms with E-state index in [-0.39, 0.29) is 36.7 Å². The zero-order valence-corrected chi connectivity index (χ0v) is 42.0. The SMILES string of the molecule is COC(=O)CCCCCCOc1ccc(Nc2nc(NC3CCCCC3)c3c(ncn3C)n2)cc1.Cn1cnc2nc(Nc3ccc(OCCCCCCC(=O)O)cc3)nc(NC3CCCCC3)c21.[Li+].[OH-]. The minimum atomic E-state index is -0.730.